The third-order valence-electron chi connectivity index (χ3n) is 5.29. The first-order chi connectivity index (χ1) is 13.8. The smallest absolute Gasteiger partial charge is 0.272 e. The molecule has 158 valence electrons. The number of hydrogen-bond donors (Lipinski definition) is 1. The van der Waals surface area contributed by atoms with Gasteiger partial charge >= 0.3 is 0 Å². The summed E-state index contributed by atoms with van der Waals surface area (Å²) in [7, 11) is 1.79. The zero-order valence-electron chi connectivity index (χ0n) is 17.4. The summed E-state index contributed by atoms with van der Waals surface area (Å²) in [5.41, 5.74) is 0.483. The summed E-state index contributed by atoms with van der Waals surface area (Å²) < 4.78 is 20.3. The van der Waals surface area contributed by atoms with E-state index in [2.05, 4.69) is 18.9 Å². The number of nitrogens with zero attached hydrogens (tertiary/aromatic N) is 3. The predicted molar refractivity (Wildman–Crippen MR) is 108 cm³/mol. The third-order valence-corrected chi connectivity index (χ3v) is 5.29. The second-order valence-corrected chi connectivity index (χ2v) is 8.36. The fourth-order valence-electron chi connectivity index (χ4n) is 3.68. The van der Waals surface area contributed by atoms with Crippen LogP contribution in [0, 0.1) is 11.7 Å². The zero-order chi connectivity index (χ0) is 21.0. The maximum Gasteiger partial charge on any atom is 0.272 e. The first-order valence-corrected chi connectivity index (χ1v) is 10.2. The van der Waals surface area contributed by atoms with Crippen molar-refractivity contribution in [1.29, 1.82) is 0 Å². The number of rotatable bonds is 6. The molecule has 1 amide bonds. The molecule has 0 spiro atoms. The van der Waals surface area contributed by atoms with E-state index >= 15 is 0 Å². The fourth-order valence-corrected chi connectivity index (χ4v) is 3.68. The first kappa shape index (κ1) is 21.3. The summed E-state index contributed by atoms with van der Waals surface area (Å²) in [6.07, 6.45) is 2.49. The van der Waals surface area contributed by atoms with Gasteiger partial charge in [0.1, 0.15) is 29.5 Å². The predicted octanol–water partition coefficient (Wildman–Crippen LogP) is 3.19. The number of carbonyl (C=O) groups is 1. The highest BCUT2D eigenvalue weighted by atomic mass is 19.1. The normalized spacial score (nSPS) is 20.0. The maximum atomic E-state index is 13.0. The van der Waals surface area contributed by atoms with E-state index < -0.39 is 5.60 Å². The summed E-state index contributed by atoms with van der Waals surface area (Å²) in [6.45, 7) is 5.40. The van der Waals surface area contributed by atoms with Crippen molar-refractivity contribution in [2.75, 3.05) is 19.7 Å². The first-order valence-electron chi connectivity index (χ1n) is 10.2. The molecule has 2 heterocycles. The van der Waals surface area contributed by atoms with Gasteiger partial charge in [-0.2, -0.15) is 5.10 Å². The van der Waals surface area contributed by atoms with Crippen LogP contribution >= 0.6 is 0 Å². The number of amides is 1. The van der Waals surface area contributed by atoms with Gasteiger partial charge in [0, 0.05) is 20.1 Å². The molecule has 1 unspecified atom stereocenters. The molecule has 0 aliphatic carbocycles. The van der Waals surface area contributed by atoms with Crippen molar-refractivity contribution in [3.63, 3.8) is 0 Å². The van der Waals surface area contributed by atoms with Crippen molar-refractivity contribution in [1.82, 2.24) is 14.7 Å². The number of ether oxygens (including phenoxy) is 1. The van der Waals surface area contributed by atoms with Gasteiger partial charge in [-0.25, -0.2) is 4.39 Å². The molecule has 7 heteroatoms. The van der Waals surface area contributed by atoms with Gasteiger partial charge < -0.3 is 14.7 Å². The summed E-state index contributed by atoms with van der Waals surface area (Å²) in [4.78, 5) is 14.8. The highest BCUT2D eigenvalue weighted by molar-refractivity contribution is 5.92. The number of carbonyl (C=O) groups excluding carboxylic acids is 1. The molecule has 1 N–H and O–H groups in total. The van der Waals surface area contributed by atoms with Crippen molar-refractivity contribution >= 4 is 5.91 Å². The number of halogens is 1. The molecular formula is C22H30FN3O3. The molecule has 0 bridgehead atoms. The number of benzene rings is 1. The Bertz CT molecular complexity index is 834. The molecule has 6 nitrogen and oxygen atoms in total. The van der Waals surface area contributed by atoms with Crippen LogP contribution in [0.15, 0.2) is 30.3 Å². The molecule has 1 fully saturated rings. The Balaban J connectivity index is 1.60. The summed E-state index contributed by atoms with van der Waals surface area (Å²) in [5, 5.41) is 15.4. The molecule has 1 aromatic carbocycles. The second kappa shape index (κ2) is 8.95. The average molecular weight is 403 g/mol. The van der Waals surface area contributed by atoms with E-state index in [0.29, 0.717) is 49.7 Å². The minimum atomic E-state index is -1.02. The molecule has 1 aliphatic rings. The average Bonchev–Trinajstić information content (AvgIpc) is 2.90. The van der Waals surface area contributed by atoms with Crippen molar-refractivity contribution in [3.8, 4) is 5.75 Å². The monoisotopic (exact) mass is 403 g/mol. The maximum absolute atomic E-state index is 13.0. The van der Waals surface area contributed by atoms with Crippen LogP contribution < -0.4 is 4.74 Å². The van der Waals surface area contributed by atoms with Gasteiger partial charge in [0.25, 0.3) is 5.91 Å². The fraction of sp³-hybridized carbons (Fsp3) is 0.545. The van der Waals surface area contributed by atoms with E-state index in [1.165, 1.54) is 12.1 Å². The minimum Gasteiger partial charge on any atom is -0.491 e. The van der Waals surface area contributed by atoms with Gasteiger partial charge in [0.2, 0.25) is 0 Å². The zero-order valence-corrected chi connectivity index (χ0v) is 17.4. The molecule has 1 saturated heterocycles. The van der Waals surface area contributed by atoms with Gasteiger partial charge in [-0.15, -0.1) is 0 Å². The number of aliphatic hydroxyl groups is 1. The van der Waals surface area contributed by atoms with Crippen LogP contribution in [0.2, 0.25) is 0 Å². The van der Waals surface area contributed by atoms with Gasteiger partial charge in [-0.1, -0.05) is 13.8 Å². The molecule has 29 heavy (non-hydrogen) atoms. The van der Waals surface area contributed by atoms with E-state index in [0.717, 1.165) is 12.1 Å². The largest absolute Gasteiger partial charge is 0.491 e. The van der Waals surface area contributed by atoms with E-state index in [4.69, 9.17) is 4.74 Å². The molecule has 1 aromatic heterocycles. The van der Waals surface area contributed by atoms with E-state index in [9.17, 15) is 14.3 Å². The van der Waals surface area contributed by atoms with Crippen LogP contribution in [-0.4, -0.2) is 51.0 Å². The van der Waals surface area contributed by atoms with Crippen LogP contribution in [0.4, 0.5) is 4.39 Å². The molecule has 0 radical (unpaired) electrons. The van der Waals surface area contributed by atoms with Crippen molar-refractivity contribution in [3.05, 3.63) is 47.5 Å². The molecule has 0 saturated carbocycles. The van der Waals surface area contributed by atoms with Crippen molar-refractivity contribution in [2.24, 2.45) is 13.0 Å². The summed E-state index contributed by atoms with van der Waals surface area (Å²) in [5.74, 6) is 0.608. The summed E-state index contributed by atoms with van der Waals surface area (Å²) in [6, 6.07) is 7.62. The molecule has 1 atom stereocenters. The lowest BCUT2D eigenvalue weighted by molar-refractivity contribution is -0.0163. The van der Waals surface area contributed by atoms with Crippen LogP contribution in [0.25, 0.3) is 0 Å². The quantitative estimate of drug-likeness (QED) is 0.804. The van der Waals surface area contributed by atoms with E-state index in [1.54, 1.807) is 28.8 Å². The number of hydrogen-bond acceptors (Lipinski definition) is 4. The molecule has 3 rings (SSSR count). The van der Waals surface area contributed by atoms with Crippen LogP contribution in [0.5, 0.6) is 5.75 Å². The Labute approximate surface area is 171 Å². The van der Waals surface area contributed by atoms with Crippen molar-refractivity contribution < 1.29 is 19.0 Å². The second-order valence-electron chi connectivity index (χ2n) is 8.36. The highest BCUT2D eigenvalue weighted by Crippen LogP contribution is 2.25. The number of aryl methyl sites for hydroxylation is 1. The number of likely N-dealkylation sites (tertiary alicyclic amines) is 1. The standard InChI is InChI=1S/C22H30FN3O3/c1-16(2)13-18-14-20(25(3)24-18)21(27)26-11-4-9-22(28,10-12-26)15-29-19-7-5-17(23)6-8-19/h5-8,14,16,28H,4,9-13,15H2,1-3H3. The Morgan fingerprint density at radius 3 is 2.69 bits per heavy atom. The van der Waals surface area contributed by atoms with E-state index in [-0.39, 0.29) is 18.3 Å². The van der Waals surface area contributed by atoms with Gasteiger partial charge in [0.15, 0.2) is 0 Å². The van der Waals surface area contributed by atoms with Crippen molar-refractivity contribution in [2.45, 2.75) is 45.1 Å². The molecular weight excluding hydrogens is 373 g/mol. The molecule has 1 aliphatic heterocycles. The van der Waals surface area contributed by atoms with Crippen LogP contribution in [-0.2, 0) is 13.5 Å². The third kappa shape index (κ3) is 5.56. The molecule has 2 aromatic rings. The topological polar surface area (TPSA) is 67.6 Å². The lowest BCUT2D eigenvalue weighted by atomic mass is 9.96. The summed E-state index contributed by atoms with van der Waals surface area (Å²) >= 11 is 0. The SMILES string of the molecule is CC(C)Cc1cc(C(=O)N2CCCC(O)(COc3ccc(F)cc3)CC2)n(C)n1. The van der Waals surface area contributed by atoms with Gasteiger partial charge in [0.05, 0.1) is 5.69 Å². The lowest BCUT2D eigenvalue weighted by Gasteiger charge is -2.27. The minimum absolute atomic E-state index is 0.0568. The Morgan fingerprint density at radius 1 is 1.28 bits per heavy atom. The van der Waals surface area contributed by atoms with E-state index in [1.807, 2.05) is 6.07 Å². The Morgan fingerprint density at radius 2 is 2.00 bits per heavy atom. The Hall–Kier alpha value is -2.41. The number of aromatic nitrogens is 2. The van der Waals surface area contributed by atoms with Gasteiger partial charge in [-0.3, -0.25) is 9.48 Å². The van der Waals surface area contributed by atoms with Crippen LogP contribution in [0.3, 0.4) is 0 Å². The van der Waals surface area contributed by atoms with Crippen LogP contribution in [0.1, 0.15) is 49.3 Å². The highest BCUT2D eigenvalue weighted by Gasteiger charge is 2.33. The Kier molecular flexibility index (Phi) is 6.57. The van der Waals surface area contributed by atoms with Gasteiger partial charge in [-0.05, 0) is 61.9 Å². The lowest BCUT2D eigenvalue weighted by Crippen LogP contribution is -2.38.